The normalized spacial score (nSPS) is 12.5. The summed E-state index contributed by atoms with van der Waals surface area (Å²) in [5.41, 5.74) is 7.07. The first-order chi connectivity index (χ1) is 8.11. The molecule has 1 atom stereocenters. The third kappa shape index (κ3) is 2.26. The SMILES string of the molecule is Cc1ccc(C(C)c2ccccc2)c(C)c1C. The predicted molar refractivity (Wildman–Crippen MR) is 74.6 cm³/mol. The molecule has 2 rings (SSSR count). The molecule has 0 spiro atoms. The Balaban J connectivity index is 2.45. The summed E-state index contributed by atoms with van der Waals surface area (Å²) in [6.45, 7) is 8.91. The van der Waals surface area contributed by atoms with Crippen molar-refractivity contribution in [3.8, 4) is 0 Å². The summed E-state index contributed by atoms with van der Waals surface area (Å²) in [7, 11) is 0. The van der Waals surface area contributed by atoms with Crippen molar-refractivity contribution in [2.75, 3.05) is 0 Å². The fraction of sp³-hybridized carbons (Fsp3) is 0.294. The van der Waals surface area contributed by atoms with Crippen LogP contribution < -0.4 is 0 Å². The highest BCUT2D eigenvalue weighted by Crippen LogP contribution is 2.29. The van der Waals surface area contributed by atoms with E-state index in [9.17, 15) is 0 Å². The largest absolute Gasteiger partial charge is 0.0622 e. The van der Waals surface area contributed by atoms with E-state index in [-0.39, 0.29) is 0 Å². The van der Waals surface area contributed by atoms with Gasteiger partial charge >= 0.3 is 0 Å². The second-order valence-electron chi connectivity index (χ2n) is 4.85. The molecule has 0 saturated carbocycles. The van der Waals surface area contributed by atoms with Gasteiger partial charge in [0.15, 0.2) is 0 Å². The maximum atomic E-state index is 2.28. The smallest absolute Gasteiger partial charge is 0.00637 e. The van der Waals surface area contributed by atoms with Gasteiger partial charge in [-0.25, -0.2) is 0 Å². The Bertz CT molecular complexity index is 509. The first kappa shape index (κ1) is 11.9. The zero-order chi connectivity index (χ0) is 12.4. The van der Waals surface area contributed by atoms with Crippen molar-refractivity contribution in [1.29, 1.82) is 0 Å². The minimum absolute atomic E-state index is 0.468. The van der Waals surface area contributed by atoms with Crippen molar-refractivity contribution >= 4 is 0 Å². The van der Waals surface area contributed by atoms with E-state index < -0.39 is 0 Å². The summed E-state index contributed by atoms with van der Waals surface area (Å²) in [5.74, 6) is 0.468. The zero-order valence-electron chi connectivity index (χ0n) is 11.1. The topological polar surface area (TPSA) is 0 Å². The molecule has 0 saturated heterocycles. The molecule has 0 bridgehead atoms. The van der Waals surface area contributed by atoms with Crippen LogP contribution in [0.1, 0.15) is 40.7 Å². The first-order valence-corrected chi connectivity index (χ1v) is 6.23. The number of aryl methyl sites for hydroxylation is 1. The Kier molecular flexibility index (Phi) is 3.33. The van der Waals surface area contributed by atoms with Crippen LogP contribution in [0.3, 0.4) is 0 Å². The molecule has 0 aliphatic heterocycles. The third-order valence-electron chi connectivity index (χ3n) is 3.87. The maximum absolute atomic E-state index is 2.28. The zero-order valence-corrected chi connectivity index (χ0v) is 11.1. The molecule has 0 N–H and O–H groups in total. The van der Waals surface area contributed by atoms with E-state index in [0.29, 0.717) is 5.92 Å². The van der Waals surface area contributed by atoms with Crippen LogP contribution in [0, 0.1) is 20.8 Å². The van der Waals surface area contributed by atoms with E-state index in [4.69, 9.17) is 0 Å². The quantitative estimate of drug-likeness (QED) is 0.689. The molecular weight excluding hydrogens is 204 g/mol. The van der Waals surface area contributed by atoms with E-state index in [1.807, 2.05) is 0 Å². The highest BCUT2D eigenvalue weighted by atomic mass is 14.2. The lowest BCUT2D eigenvalue weighted by molar-refractivity contribution is 0.904. The van der Waals surface area contributed by atoms with Crippen molar-refractivity contribution in [2.45, 2.75) is 33.6 Å². The summed E-state index contributed by atoms with van der Waals surface area (Å²) < 4.78 is 0. The van der Waals surface area contributed by atoms with Crippen molar-refractivity contribution in [3.05, 3.63) is 70.3 Å². The Morgan fingerprint density at radius 3 is 2.06 bits per heavy atom. The summed E-state index contributed by atoms with van der Waals surface area (Å²) in [6.07, 6.45) is 0. The lowest BCUT2D eigenvalue weighted by Gasteiger charge is -2.18. The molecular formula is C17H20. The summed E-state index contributed by atoms with van der Waals surface area (Å²) in [6, 6.07) is 15.2. The van der Waals surface area contributed by atoms with Crippen LogP contribution in [0.25, 0.3) is 0 Å². The molecule has 0 fully saturated rings. The van der Waals surface area contributed by atoms with Crippen molar-refractivity contribution in [2.24, 2.45) is 0 Å². The highest BCUT2D eigenvalue weighted by molar-refractivity contribution is 5.43. The first-order valence-electron chi connectivity index (χ1n) is 6.23. The van der Waals surface area contributed by atoms with Gasteiger partial charge in [-0.2, -0.15) is 0 Å². The van der Waals surface area contributed by atoms with Gasteiger partial charge in [-0.15, -0.1) is 0 Å². The number of rotatable bonds is 2. The standard InChI is InChI=1S/C17H20/c1-12-10-11-17(14(3)13(12)2)15(4)16-8-6-5-7-9-16/h5-11,15H,1-4H3. The average molecular weight is 224 g/mol. The summed E-state index contributed by atoms with van der Waals surface area (Å²) in [4.78, 5) is 0. The van der Waals surface area contributed by atoms with Crippen LogP contribution in [0.15, 0.2) is 42.5 Å². The summed E-state index contributed by atoms with van der Waals surface area (Å²) in [5, 5.41) is 0. The van der Waals surface area contributed by atoms with Crippen LogP contribution in [0.5, 0.6) is 0 Å². The van der Waals surface area contributed by atoms with Gasteiger partial charge in [0.05, 0.1) is 0 Å². The van der Waals surface area contributed by atoms with Crippen LogP contribution in [-0.4, -0.2) is 0 Å². The van der Waals surface area contributed by atoms with Gasteiger partial charge < -0.3 is 0 Å². The van der Waals surface area contributed by atoms with E-state index in [1.165, 1.54) is 27.8 Å². The third-order valence-corrected chi connectivity index (χ3v) is 3.87. The molecule has 0 aliphatic rings. The van der Waals surface area contributed by atoms with Crippen LogP contribution >= 0.6 is 0 Å². The predicted octanol–water partition coefficient (Wildman–Crippen LogP) is 4.76. The van der Waals surface area contributed by atoms with E-state index in [1.54, 1.807) is 0 Å². The maximum Gasteiger partial charge on any atom is 0.00637 e. The van der Waals surface area contributed by atoms with Crippen molar-refractivity contribution in [1.82, 2.24) is 0 Å². The highest BCUT2D eigenvalue weighted by Gasteiger charge is 2.12. The molecule has 1 unspecified atom stereocenters. The Hall–Kier alpha value is -1.56. The second-order valence-corrected chi connectivity index (χ2v) is 4.85. The summed E-state index contributed by atoms with van der Waals surface area (Å²) >= 11 is 0. The number of hydrogen-bond acceptors (Lipinski definition) is 0. The van der Waals surface area contributed by atoms with Gasteiger partial charge in [-0.05, 0) is 48.6 Å². The van der Waals surface area contributed by atoms with Crippen LogP contribution in [-0.2, 0) is 0 Å². The molecule has 0 aliphatic carbocycles. The van der Waals surface area contributed by atoms with Gasteiger partial charge in [0.1, 0.15) is 0 Å². The van der Waals surface area contributed by atoms with E-state index in [2.05, 4.69) is 70.2 Å². The Labute approximate surface area is 104 Å². The molecule has 0 aromatic heterocycles. The van der Waals surface area contributed by atoms with Gasteiger partial charge in [0.2, 0.25) is 0 Å². The van der Waals surface area contributed by atoms with Crippen LogP contribution in [0.2, 0.25) is 0 Å². The minimum Gasteiger partial charge on any atom is -0.0622 e. The molecule has 0 radical (unpaired) electrons. The molecule has 88 valence electrons. The minimum atomic E-state index is 0.468. The van der Waals surface area contributed by atoms with E-state index in [0.717, 1.165) is 0 Å². The lowest BCUT2D eigenvalue weighted by Crippen LogP contribution is -2.01. The molecule has 2 aromatic carbocycles. The van der Waals surface area contributed by atoms with Crippen molar-refractivity contribution in [3.63, 3.8) is 0 Å². The second kappa shape index (κ2) is 4.75. The molecule has 2 aromatic rings. The van der Waals surface area contributed by atoms with Gasteiger partial charge in [-0.3, -0.25) is 0 Å². The fourth-order valence-corrected chi connectivity index (χ4v) is 2.37. The molecule has 0 heteroatoms. The fourth-order valence-electron chi connectivity index (χ4n) is 2.37. The van der Waals surface area contributed by atoms with Crippen LogP contribution in [0.4, 0.5) is 0 Å². The Morgan fingerprint density at radius 1 is 0.765 bits per heavy atom. The van der Waals surface area contributed by atoms with E-state index >= 15 is 0 Å². The van der Waals surface area contributed by atoms with Gasteiger partial charge in [0, 0.05) is 5.92 Å². The van der Waals surface area contributed by atoms with Gasteiger partial charge in [0.25, 0.3) is 0 Å². The number of benzene rings is 2. The lowest BCUT2D eigenvalue weighted by atomic mass is 9.87. The molecule has 0 heterocycles. The molecule has 0 amide bonds. The molecule has 17 heavy (non-hydrogen) atoms. The Morgan fingerprint density at radius 2 is 1.41 bits per heavy atom. The van der Waals surface area contributed by atoms with Crippen molar-refractivity contribution < 1.29 is 0 Å². The number of hydrogen-bond donors (Lipinski definition) is 0. The molecule has 0 nitrogen and oxygen atoms in total. The monoisotopic (exact) mass is 224 g/mol. The average Bonchev–Trinajstić information content (AvgIpc) is 2.36. The van der Waals surface area contributed by atoms with Gasteiger partial charge in [-0.1, -0.05) is 49.4 Å².